The zero-order chi connectivity index (χ0) is 12.1. The fourth-order valence-corrected chi connectivity index (χ4v) is 1.31. The number of anilines is 1. The molecule has 88 valence electrons. The summed E-state index contributed by atoms with van der Waals surface area (Å²) in [5.74, 6) is -0.646. The van der Waals surface area contributed by atoms with Gasteiger partial charge in [0.25, 0.3) is 5.69 Å². The van der Waals surface area contributed by atoms with Gasteiger partial charge in [-0.2, -0.15) is 0 Å². The molecular formula is C10H13FN2O3. The number of aliphatic hydroxyl groups excluding tert-OH is 1. The molecule has 0 amide bonds. The van der Waals surface area contributed by atoms with E-state index >= 15 is 0 Å². The highest BCUT2D eigenvalue weighted by molar-refractivity contribution is 5.61. The normalized spacial score (nSPS) is 12.2. The van der Waals surface area contributed by atoms with Crippen molar-refractivity contribution in [2.45, 2.75) is 19.4 Å². The molecule has 1 aromatic rings. The molecule has 1 rings (SSSR count). The molecule has 0 saturated heterocycles. The number of hydrogen-bond acceptors (Lipinski definition) is 4. The van der Waals surface area contributed by atoms with Crippen molar-refractivity contribution in [1.29, 1.82) is 0 Å². The van der Waals surface area contributed by atoms with Crippen LogP contribution >= 0.6 is 0 Å². The summed E-state index contributed by atoms with van der Waals surface area (Å²) in [7, 11) is 0. The van der Waals surface area contributed by atoms with Gasteiger partial charge in [0.1, 0.15) is 11.5 Å². The van der Waals surface area contributed by atoms with Crippen molar-refractivity contribution < 1.29 is 14.4 Å². The topological polar surface area (TPSA) is 75.4 Å². The van der Waals surface area contributed by atoms with Gasteiger partial charge in [0.05, 0.1) is 11.0 Å². The number of benzene rings is 1. The highest BCUT2D eigenvalue weighted by atomic mass is 19.1. The number of halogens is 1. The summed E-state index contributed by atoms with van der Waals surface area (Å²) in [6, 6.07) is 3.23. The van der Waals surface area contributed by atoms with Crippen LogP contribution in [0.5, 0.6) is 0 Å². The van der Waals surface area contributed by atoms with Gasteiger partial charge < -0.3 is 10.4 Å². The number of nitro benzene ring substituents is 1. The summed E-state index contributed by atoms with van der Waals surface area (Å²) in [4.78, 5) is 10.0. The average Bonchev–Trinajstić information content (AvgIpc) is 2.20. The summed E-state index contributed by atoms with van der Waals surface area (Å²) < 4.78 is 12.8. The van der Waals surface area contributed by atoms with Gasteiger partial charge in [-0.1, -0.05) is 0 Å². The second kappa shape index (κ2) is 5.41. The lowest BCUT2D eigenvalue weighted by molar-refractivity contribution is -0.384. The molecule has 0 spiro atoms. The Balaban J connectivity index is 2.90. The first-order valence-corrected chi connectivity index (χ1v) is 4.86. The minimum Gasteiger partial charge on any atom is -0.396 e. The fourth-order valence-electron chi connectivity index (χ4n) is 1.31. The lowest BCUT2D eigenvalue weighted by atomic mass is 10.2. The van der Waals surface area contributed by atoms with Gasteiger partial charge in [-0.25, -0.2) is 4.39 Å². The van der Waals surface area contributed by atoms with Gasteiger partial charge in [-0.3, -0.25) is 10.1 Å². The van der Waals surface area contributed by atoms with Crippen LogP contribution in [0.15, 0.2) is 18.2 Å². The fraction of sp³-hybridized carbons (Fsp3) is 0.400. The molecule has 0 aromatic heterocycles. The van der Waals surface area contributed by atoms with Crippen molar-refractivity contribution in [2.75, 3.05) is 11.9 Å². The first-order valence-electron chi connectivity index (χ1n) is 4.86. The third-order valence-corrected chi connectivity index (χ3v) is 2.12. The predicted octanol–water partition coefficient (Wildman–Crippen LogP) is 1.92. The monoisotopic (exact) mass is 228 g/mol. The standard InChI is InChI=1S/C10H13FN2O3/c1-7(4-5-14)12-9-3-2-8(11)6-10(9)13(15)16/h2-3,6-7,12,14H,4-5H2,1H3. The van der Waals surface area contributed by atoms with Crippen LogP contribution in [0.4, 0.5) is 15.8 Å². The van der Waals surface area contributed by atoms with Gasteiger partial charge in [-0.15, -0.1) is 0 Å². The Bertz CT molecular complexity index is 384. The van der Waals surface area contributed by atoms with Crippen LogP contribution in [0.25, 0.3) is 0 Å². The second-order valence-corrected chi connectivity index (χ2v) is 3.48. The molecule has 0 radical (unpaired) electrons. The van der Waals surface area contributed by atoms with E-state index in [9.17, 15) is 14.5 Å². The molecule has 0 aliphatic rings. The average molecular weight is 228 g/mol. The third-order valence-electron chi connectivity index (χ3n) is 2.12. The van der Waals surface area contributed by atoms with E-state index < -0.39 is 10.7 Å². The quantitative estimate of drug-likeness (QED) is 0.596. The van der Waals surface area contributed by atoms with Crippen molar-refractivity contribution in [3.05, 3.63) is 34.1 Å². The van der Waals surface area contributed by atoms with Crippen LogP contribution in [0.3, 0.4) is 0 Å². The Kier molecular flexibility index (Phi) is 4.19. The Morgan fingerprint density at radius 2 is 2.31 bits per heavy atom. The minimum atomic E-state index is -0.646. The van der Waals surface area contributed by atoms with Gasteiger partial charge in [-0.05, 0) is 25.5 Å². The molecule has 6 heteroatoms. The number of nitrogens with zero attached hydrogens (tertiary/aromatic N) is 1. The molecule has 1 atom stereocenters. The summed E-state index contributed by atoms with van der Waals surface area (Å²) >= 11 is 0. The molecule has 0 bridgehead atoms. The van der Waals surface area contributed by atoms with Crippen molar-refractivity contribution in [3.63, 3.8) is 0 Å². The van der Waals surface area contributed by atoms with E-state index in [1.54, 1.807) is 6.92 Å². The molecule has 5 nitrogen and oxygen atoms in total. The van der Waals surface area contributed by atoms with Crippen LogP contribution in [0.2, 0.25) is 0 Å². The number of hydrogen-bond donors (Lipinski definition) is 2. The Morgan fingerprint density at radius 1 is 1.62 bits per heavy atom. The molecule has 2 N–H and O–H groups in total. The molecule has 0 aliphatic carbocycles. The van der Waals surface area contributed by atoms with Crippen LogP contribution in [-0.2, 0) is 0 Å². The van der Waals surface area contributed by atoms with Crippen molar-refractivity contribution >= 4 is 11.4 Å². The highest BCUT2D eigenvalue weighted by Crippen LogP contribution is 2.25. The lowest BCUT2D eigenvalue weighted by Crippen LogP contribution is -2.17. The van der Waals surface area contributed by atoms with Gasteiger partial charge in [0.2, 0.25) is 0 Å². The summed E-state index contributed by atoms with van der Waals surface area (Å²) in [5.41, 5.74) is -0.0443. The van der Waals surface area contributed by atoms with Crippen LogP contribution in [-0.4, -0.2) is 22.7 Å². The van der Waals surface area contributed by atoms with Gasteiger partial charge in [0, 0.05) is 12.6 Å². The number of nitrogens with one attached hydrogen (secondary N) is 1. The molecular weight excluding hydrogens is 215 g/mol. The van der Waals surface area contributed by atoms with Crippen LogP contribution in [0, 0.1) is 15.9 Å². The summed E-state index contributed by atoms with van der Waals surface area (Å²) in [6.07, 6.45) is 0.467. The SMILES string of the molecule is CC(CCO)Nc1ccc(F)cc1[N+](=O)[O-]. The second-order valence-electron chi connectivity index (χ2n) is 3.48. The van der Waals surface area contributed by atoms with E-state index in [4.69, 9.17) is 5.11 Å². The first kappa shape index (κ1) is 12.4. The molecule has 16 heavy (non-hydrogen) atoms. The predicted molar refractivity (Wildman–Crippen MR) is 57.8 cm³/mol. The molecule has 0 saturated carbocycles. The van der Waals surface area contributed by atoms with Crippen molar-refractivity contribution in [3.8, 4) is 0 Å². The summed E-state index contributed by atoms with van der Waals surface area (Å²) in [6.45, 7) is 1.77. The summed E-state index contributed by atoms with van der Waals surface area (Å²) in [5, 5.41) is 22.2. The zero-order valence-electron chi connectivity index (χ0n) is 8.81. The molecule has 0 fully saturated rings. The molecule has 0 heterocycles. The largest absolute Gasteiger partial charge is 0.396 e. The van der Waals surface area contributed by atoms with E-state index in [1.807, 2.05) is 0 Å². The van der Waals surface area contributed by atoms with Crippen LogP contribution < -0.4 is 5.32 Å². The maximum absolute atomic E-state index is 12.8. The van der Waals surface area contributed by atoms with E-state index in [1.165, 1.54) is 6.07 Å². The minimum absolute atomic E-state index is 0.0108. The van der Waals surface area contributed by atoms with Crippen molar-refractivity contribution in [1.82, 2.24) is 0 Å². The Labute approximate surface area is 92.1 Å². The van der Waals surface area contributed by atoms with Crippen LogP contribution in [0.1, 0.15) is 13.3 Å². The van der Waals surface area contributed by atoms with Gasteiger partial charge in [0.15, 0.2) is 0 Å². The van der Waals surface area contributed by atoms with E-state index in [2.05, 4.69) is 5.32 Å². The Hall–Kier alpha value is -1.69. The molecule has 1 aromatic carbocycles. The number of nitro groups is 1. The molecule has 1 unspecified atom stereocenters. The van der Waals surface area contributed by atoms with Crippen molar-refractivity contribution in [2.24, 2.45) is 0 Å². The van der Waals surface area contributed by atoms with Gasteiger partial charge >= 0.3 is 0 Å². The third kappa shape index (κ3) is 3.16. The lowest BCUT2D eigenvalue weighted by Gasteiger charge is -2.13. The van der Waals surface area contributed by atoms with E-state index in [0.717, 1.165) is 12.1 Å². The first-order chi connectivity index (χ1) is 7.54. The maximum atomic E-state index is 12.8. The van der Waals surface area contributed by atoms with E-state index in [0.29, 0.717) is 6.42 Å². The smallest absolute Gasteiger partial charge is 0.295 e. The Morgan fingerprint density at radius 3 is 2.88 bits per heavy atom. The number of aliphatic hydroxyl groups is 1. The van der Waals surface area contributed by atoms with E-state index in [-0.39, 0.29) is 24.0 Å². The highest BCUT2D eigenvalue weighted by Gasteiger charge is 2.16. The molecule has 0 aliphatic heterocycles. The zero-order valence-corrected chi connectivity index (χ0v) is 8.81. The number of rotatable bonds is 5. The maximum Gasteiger partial charge on any atom is 0.295 e.